The monoisotopic (exact) mass is 443 g/mol. The number of carbonyl (C=O) groups excluding carboxylic acids is 1. The topological polar surface area (TPSA) is 58.7 Å². The Labute approximate surface area is 162 Å². The van der Waals surface area contributed by atoms with Gasteiger partial charge < -0.3 is 10.6 Å². The highest BCUT2D eigenvalue weighted by atomic mass is 127. The summed E-state index contributed by atoms with van der Waals surface area (Å²) in [5.41, 5.74) is 9.38. The molecule has 2 aromatic carbocycles. The van der Waals surface area contributed by atoms with Gasteiger partial charge in [0.25, 0.3) is 5.91 Å². The van der Waals surface area contributed by atoms with Crippen LogP contribution in [0.15, 0.2) is 72.0 Å². The van der Waals surface area contributed by atoms with E-state index in [0.717, 1.165) is 20.2 Å². The molecule has 4 nitrogen and oxygen atoms in total. The minimum Gasteiger partial charge on any atom is -0.390 e. The zero-order valence-corrected chi connectivity index (χ0v) is 16.4. The third-order valence-corrected chi connectivity index (χ3v) is 4.72. The number of allylic oxidation sites excluding steroid dienone is 1. The van der Waals surface area contributed by atoms with E-state index in [1.807, 2.05) is 50.3 Å². The van der Waals surface area contributed by atoms with E-state index in [9.17, 15) is 4.79 Å². The van der Waals surface area contributed by atoms with Gasteiger partial charge in [0.05, 0.1) is 11.9 Å². The number of aliphatic imine (C=N–C) groups is 1. The van der Waals surface area contributed by atoms with Crippen LogP contribution in [0.4, 0.5) is 0 Å². The van der Waals surface area contributed by atoms with Crippen molar-refractivity contribution >= 4 is 53.7 Å². The van der Waals surface area contributed by atoms with Gasteiger partial charge in [-0.15, -0.1) is 0 Å². The molecule has 0 bridgehead atoms. The van der Waals surface area contributed by atoms with Crippen LogP contribution in [-0.4, -0.2) is 32.0 Å². The second-order valence-electron chi connectivity index (χ2n) is 5.50. The minimum absolute atomic E-state index is 0.121. The SMILES string of the molecule is Bc1ccc(/C(=C/N=C\N)C(=C)N(C)C(=O)c2ccccc2I)cc1. The van der Waals surface area contributed by atoms with Crippen LogP contribution in [0, 0.1) is 3.57 Å². The van der Waals surface area contributed by atoms with Crippen molar-refractivity contribution in [1.29, 1.82) is 0 Å². The molecular formula is C19H19BIN3O. The molecule has 0 radical (unpaired) electrons. The summed E-state index contributed by atoms with van der Waals surface area (Å²) in [5, 5.41) is 0. The lowest BCUT2D eigenvalue weighted by atomic mass is 9.93. The maximum absolute atomic E-state index is 12.8. The molecule has 0 aliphatic carbocycles. The molecule has 0 saturated heterocycles. The van der Waals surface area contributed by atoms with E-state index in [4.69, 9.17) is 5.73 Å². The molecule has 0 aliphatic heterocycles. The van der Waals surface area contributed by atoms with Crippen LogP contribution in [0.25, 0.3) is 5.57 Å². The molecule has 0 heterocycles. The molecule has 0 aromatic heterocycles. The Bertz CT molecular complexity index is 844. The van der Waals surface area contributed by atoms with E-state index < -0.39 is 0 Å². The van der Waals surface area contributed by atoms with Crippen LogP contribution in [0.5, 0.6) is 0 Å². The summed E-state index contributed by atoms with van der Waals surface area (Å²) in [6.07, 6.45) is 2.83. The van der Waals surface area contributed by atoms with E-state index >= 15 is 0 Å². The molecule has 2 rings (SSSR count). The molecule has 2 aromatic rings. The molecule has 1 amide bonds. The molecular weight excluding hydrogens is 424 g/mol. The van der Waals surface area contributed by atoms with Gasteiger partial charge in [0.1, 0.15) is 7.85 Å². The predicted octanol–water partition coefficient (Wildman–Crippen LogP) is 2.16. The first kappa shape index (κ1) is 19.0. The van der Waals surface area contributed by atoms with Crippen molar-refractivity contribution in [2.75, 3.05) is 7.05 Å². The Morgan fingerprint density at radius 2 is 1.88 bits per heavy atom. The van der Waals surface area contributed by atoms with Gasteiger partial charge in [0.15, 0.2) is 0 Å². The van der Waals surface area contributed by atoms with Crippen LogP contribution in [0.3, 0.4) is 0 Å². The first-order chi connectivity index (χ1) is 12.0. The second kappa shape index (κ2) is 8.66. The third kappa shape index (κ3) is 4.60. The molecule has 0 saturated carbocycles. The van der Waals surface area contributed by atoms with Crippen LogP contribution < -0.4 is 11.2 Å². The number of benzene rings is 2. The third-order valence-electron chi connectivity index (χ3n) is 3.78. The number of halogens is 1. The molecule has 2 N–H and O–H groups in total. The summed E-state index contributed by atoms with van der Waals surface area (Å²) in [7, 11) is 3.73. The Morgan fingerprint density at radius 3 is 2.48 bits per heavy atom. The molecule has 0 aliphatic rings. The summed E-state index contributed by atoms with van der Waals surface area (Å²) in [6, 6.07) is 15.4. The molecule has 0 fully saturated rings. The highest BCUT2D eigenvalue weighted by molar-refractivity contribution is 14.1. The summed E-state index contributed by atoms with van der Waals surface area (Å²) >= 11 is 2.16. The van der Waals surface area contributed by atoms with E-state index in [2.05, 4.69) is 34.2 Å². The van der Waals surface area contributed by atoms with Gasteiger partial charge in [-0.1, -0.05) is 48.4 Å². The number of carbonyl (C=O) groups is 1. The fourth-order valence-electron chi connectivity index (χ4n) is 2.28. The van der Waals surface area contributed by atoms with Crippen molar-refractivity contribution < 1.29 is 4.79 Å². The fraction of sp³-hybridized carbons (Fsp3) is 0.0526. The summed E-state index contributed by atoms with van der Waals surface area (Å²) in [6.45, 7) is 4.10. The van der Waals surface area contributed by atoms with Gasteiger partial charge in [-0.25, -0.2) is 4.99 Å². The Kier molecular flexibility index (Phi) is 6.58. The summed E-state index contributed by atoms with van der Waals surface area (Å²) < 4.78 is 0.894. The highest BCUT2D eigenvalue weighted by Crippen LogP contribution is 2.25. The second-order valence-corrected chi connectivity index (χ2v) is 6.66. The highest BCUT2D eigenvalue weighted by Gasteiger charge is 2.19. The van der Waals surface area contributed by atoms with Gasteiger partial charge in [0.2, 0.25) is 0 Å². The van der Waals surface area contributed by atoms with Crippen molar-refractivity contribution in [1.82, 2.24) is 4.90 Å². The Morgan fingerprint density at radius 1 is 1.24 bits per heavy atom. The maximum Gasteiger partial charge on any atom is 0.259 e. The van der Waals surface area contributed by atoms with E-state index in [1.54, 1.807) is 19.3 Å². The van der Waals surface area contributed by atoms with Crippen LogP contribution in [-0.2, 0) is 0 Å². The Hall–Kier alpha value is -2.35. The van der Waals surface area contributed by atoms with Gasteiger partial charge in [-0.3, -0.25) is 4.79 Å². The van der Waals surface area contributed by atoms with Crippen LogP contribution >= 0.6 is 22.6 Å². The molecule has 0 unspecified atom stereocenters. The molecule has 0 spiro atoms. The summed E-state index contributed by atoms with van der Waals surface area (Å²) in [4.78, 5) is 18.4. The molecule has 126 valence electrons. The van der Waals surface area contributed by atoms with Crippen molar-refractivity contribution in [2.45, 2.75) is 0 Å². The number of nitrogens with zero attached hydrogens (tertiary/aromatic N) is 2. The number of likely N-dealkylation sites (N-methyl/N-ethyl adjacent to an activating group) is 1. The number of hydrogen-bond acceptors (Lipinski definition) is 2. The predicted molar refractivity (Wildman–Crippen MR) is 116 cm³/mol. The molecule has 25 heavy (non-hydrogen) atoms. The van der Waals surface area contributed by atoms with Crippen molar-refractivity contribution in [3.63, 3.8) is 0 Å². The average Bonchev–Trinajstić information content (AvgIpc) is 2.62. The number of nitrogens with two attached hydrogens (primary N) is 1. The van der Waals surface area contributed by atoms with Gasteiger partial charge in [0, 0.05) is 28.1 Å². The smallest absolute Gasteiger partial charge is 0.259 e. The minimum atomic E-state index is -0.121. The molecule has 6 heteroatoms. The lowest BCUT2D eigenvalue weighted by Gasteiger charge is -2.22. The zero-order chi connectivity index (χ0) is 18.4. The van der Waals surface area contributed by atoms with Gasteiger partial charge in [-0.05, 0) is 40.3 Å². The fourth-order valence-corrected chi connectivity index (χ4v) is 2.90. The number of hydrogen-bond donors (Lipinski definition) is 1. The normalized spacial score (nSPS) is 11.5. The lowest BCUT2D eigenvalue weighted by molar-refractivity contribution is 0.0841. The quantitative estimate of drug-likeness (QED) is 0.253. The Balaban J connectivity index is 2.37. The largest absolute Gasteiger partial charge is 0.390 e. The number of rotatable bonds is 5. The average molecular weight is 443 g/mol. The summed E-state index contributed by atoms with van der Waals surface area (Å²) in [5.74, 6) is -0.121. The van der Waals surface area contributed by atoms with Gasteiger partial charge >= 0.3 is 0 Å². The van der Waals surface area contributed by atoms with Crippen molar-refractivity contribution in [3.8, 4) is 0 Å². The maximum atomic E-state index is 12.8. The standard InChI is InChI=1S/C19H19BIN3O/c1-13(24(2)19(25)16-5-3-4-6-18(16)21)17(11-23-12-22)14-7-9-15(20)10-8-14/h3-12H,1,20H2,2H3,(H2,22,23)/b17-11+. The van der Waals surface area contributed by atoms with Crippen molar-refractivity contribution in [3.05, 3.63) is 81.7 Å². The van der Waals surface area contributed by atoms with E-state index in [0.29, 0.717) is 11.3 Å². The first-order valence-electron chi connectivity index (χ1n) is 7.68. The van der Waals surface area contributed by atoms with Crippen molar-refractivity contribution in [2.24, 2.45) is 10.7 Å². The van der Waals surface area contributed by atoms with E-state index in [1.165, 1.54) is 11.2 Å². The molecule has 0 atom stereocenters. The lowest BCUT2D eigenvalue weighted by Crippen LogP contribution is -2.27. The van der Waals surface area contributed by atoms with Gasteiger partial charge in [-0.2, -0.15) is 0 Å². The first-order valence-corrected chi connectivity index (χ1v) is 8.76. The van der Waals surface area contributed by atoms with Crippen LogP contribution in [0.2, 0.25) is 0 Å². The van der Waals surface area contributed by atoms with Crippen LogP contribution in [0.1, 0.15) is 15.9 Å². The van der Waals surface area contributed by atoms with E-state index in [-0.39, 0.29) is 5.91 Å². The number of amides is 1. The zero-order valence-electron chi connectivity index (χ0n) is 14.2.